The van der Waals surface area contributed by atoms with Crippen LogP contribution in [-0.2, 0) is 29.9 Å². The number of aromatic nitrogens is 1. The van der Waals surface area contributed by atoms with Crippen LogP contribution in [-0.4, -0.2) is 58.5 Å². The Kier molecular flexibility index (Phi) is 13.5. The standard InChI is InChI=1S/C34H48FN4O8P/c1-21-26(22(2)37-30(21)18-28-27-17-25(35)11-13-29(27)39-33(28)42)12-14-32(41)38-31(16-23-8-4-3-5-9-23)34(43)36-15-7-6-10-24(19-40)20-47-48(44,45)46/h11,13,17-18,23-24,31,37,40H,3-10,12,14-16,19-20H2,1-2H3,(H,36,43)(H,38,41)(H,39,42)(H2,44,45,46)/p-1/b28-18-/t24?,31-/m1/s1. The van der Waals surface area contributed by atoms with Crippen molar-refractivity contribution in [2.75, 3.05) is 25.1 Å². The molecule has 2 unspecified atom stereocenters. The van der Waals surface area contributed by atoms with Gasteiger partial charge in [-0.25, -0.2) is 4.39 Å². The Hall–Kier alpha value is -3.35. The summed E-state index contributed by atoms with van der Waals surface area (Å²) in [5.74, 6) is -1.35. The van der Waals surface area contributed by atoms with Gasteiger partial charge in [0.05, 0.1) is 12.2 Å². The number of halogens is 1. The fourth-order valence-corrected chi connectivity index (χ4v) is 6.99. The Morgan fingerprint density at radius 1 is 1.21 bits per heavy atom. The van der Waals surface area contributed by atoms with Crippen LogP contribution in [0.1, 0.15) is 92.3 Å². The van der Waals surface area contributed by atoms with E-state index in [0.717, 1.165) is 42.5 Å². The molecular formula is C34H47FN4O8P-. The number of benzene rings is 1. The summed E-state index contributed by atoms with van der Waals surface area (Å²) in [7, 11) is -4.86. The normalized spacial score (nSPS) is 18.2. The number of amides is 3. The number of aliphatic hydroxyl groups excluding tert-OH is 1. The lowest BCUT2D eigenvalue weighted by atomic mass is 9.84. The highest BCUT2D eigenvalue weighted by Crippen LogP contribution is 2.35. The van der Waals surface area contributed by atoms with E-state index in [1.54, 1.807) is 6.08 Å². The van der Waals surface area contributed by atoms with Crippen molar-refractivity contribution >= 4 is 42.9 Å². The highest BCUT2D eigenvalue weighted by Gasteiger charge is 2.27. The van der Waals surface area contributed by atoms with E-state index in [-0.39, 0.29) is 37.4 Å². The van der Waals surface area contributed by atoms with Gasteiger partial charge in [0, 0.05) is 48.1 Å². The van der Waals surface area contributed by atoms with Crippen LogP contribution in [0.3, 0.4) is 0 Å². The number of phosphoric ester groups is 1. The van der Waals surface area contributed by atoms with Crippen molar-refractivity contribution in [3.63, 3.8) is 0 Å². The van der Waals surface area contributed by atoms with Crippen molar-refractivity contribution < 1.29 is 42.8 Å². The molecule has 3 amide bonds. The lowest BCUT2D eigenvalue weighted by Crippen LogP contribution is -2.48. The third-order valence-electron chi connectivity index (χ3n) is 9.30. The quantitative estimate of drug-likeness (QED) is 0.0815. The van der Waals surface area contributed by atoms with Crippen LogP contribution in [0.4, 0.5) is 10.1 Å². The maximum absolute atomic E-state index is 13.9. The second kappa shape index (κ2) is 17.3. The molecule has 4 rings (SSSR count). The number of aryl methyl sites for hydroxylation is 1. The summed E-state index contributed by atoms with van der Waals surface area (Å²) in [6, 6.07) is 3.48. The number of hydrogen-bond acceptors (Lipinski definition) is 7. The molecule has 0 radical (unpaired) electrons. The molecule has 1 fully saturated rings. The molecule has 0 bridgehead atoms. The predicted octanol–water partition coefficient (Wildman–Crippen LogP) is 4.02. The first-order valence-electron chi connectivity index (χ1n) is 16.7. The second-order valence-electron chi connectivity index (χ2n) is 12.9. The molecule has 1 saturated carbocycles. The van der Waals surface area contributed by atoms with Crippen LogP contribution in [0.25, 0.3) is 11.6 Å². The minimum atomic E-state index is -4.86. The summed E-state index contributed by atoms with van der Waals surface area (Å²) < 4.78 is 29.1. The molecule has 1 aromatic carbocycles. The van der Waals surface area contributed by atoms with E-state index in [2.05, 4.69) is 25.5 Å². The highest BCUT2D eigenvalue weighted by atomic mass is 31.2. The summed E-state index contributed by atoms with van der Waals surface area (Å²) in [6.07, 6.45) is 9.87. The second-order valence-corrected chi connectivity index (χ2v) is 14.1. The van der Waals surface area contributed by atoms with E-state index in [9.17, 15) is 33.3 Å². The van der Waals surface area contributed by atoms with Crippen LogP contribution in [0.15, 0.2) is 18.2 Å². The van der Waals surface area contributed by atoms with Gasteiger partial charge in [-0.15, -0.1) is 0 Å². The maximum atomic E-state index is 13.9. The lowest BCUT2D eigenvalue weighted by Gasteiger charge is -2.26. The minimum absolute atomic E-state index is 0.160. The van der Waals surface area contributed by atoms with E-state index in [1.807, 2.05) is 13.8 Å². The largest absolute Gasteiger partial charge is 0.756 e. The number of phosphoric acid groups is 1. The average Bonchev–Trinajstić information content (AvgIpc) is 3.49. The SMILES string of the molecule is Cc1[nH]c(/C=C2\C(=O)Nc3ccc(F)cc32)c(C)c1CCC(=O)N[C@H](CC1CCCCC1)C(=O)NCCCCC(CO)COP(=O)([O-])O. The van der Waals surface area contributed by atoms with Gasteiger partial charge in [-0.1, -0.05) is 38.5 Å². The number of nitrogens with one attached hydrogen (secondary N) is 4. The van der Waals surface area contributed by atoms with Crippen molar-refractivity contribution in [1.29, 1.82) is 0 Å². The molecule has 3 atom stereocenters. The summed E-state index contributed by atoms with van der Waals surface area (Å²) >= 11 is 0. The number of fused-ring (bicyclic) bond motifs is 1. The third kappa shape index (κ3) is 10.8. The highest BCUT2D eigenvalue weighted by molar-refractivity contribution is 7.44. The Balaban J connectivity index is 1.32. The Labute approximate surface area is 280 Å². The number of hydrogen-bond donors (Lipinski definition) is 6. The molecule has 48 heavy (non-hydrogen) atoms. The fourth-order valence-electron chi connectivity index (χ4n) is 6.59. The van der Waals surface area contributed by atoms with Gasteiger partial charge in [-0.3, -0.25) is 18.9 Å². The van der Waals surface area contributed by atoms with Crippen LogP contribution in [0, 0.1) is 31.5 Å². The number of rotatable bonds is 17. The first-order chi connectivity index (χ1) is 22.8. The molecule has 1 aliphatic heterocycles. The Morgan fingerprint density at radius 2 is 1.96 bits per heavy atom. The molecular weight excluding hydrogens is 642 g/mol. The lowest BCUT2D eigenvalue weighted by molar-refractivity contribution is -0.221. The summed E-state index contributed by atoms with van der Waals surface area (Å²) in [5, 5.41) is 18.1. The van der Waals surface area contributed by atoms with Crippen molar-refractivity contribution in [2.45, 2.75) is 90.5 Å². The minimum Gasteiger partial charge on any atom is -0.756 e. The van der Waals surface area contributed by atoms with Crippen molar-refractivity contribution in [3.8, 4) is 0 Å². The van der Waals surface area contributed by atoms with Gasteiger partial charge in [-0.05, 0) is 80.9 Å². The van der Waals surface area contributed by atoms with E-state index in [0.29, 0.717) is 67.1 Å². The summed E-state index contributed by atoms with van der Waals surface area (Å²) in [5.41, 5.74) is 4.79. The molecule has 2 heterocycles. The predicted molar refractivity (Wildman–Crippen MR) is 178 cm³/mol. The number of unbranched alkanes of at least 4 members (excludes halogenated alkanes) is 1. The third-order valence-corrected chi connectivity index (χ3v) is 9.78. The van der Waals surface area contributed by atoms with E-state index >= 15 is 0 Å². The smallest absolute Gasteiger partial charge is 0.265 e. The number of H-pyrrole nitrogens is 1. The van der Waals surface area contributed by atoms with Gasteiger partial charge in [0.15, 0.2) is 0 Å². The fraction of sp³-hybridized carbons (Fsp3) is 0.559. The number of aromatic amines is 1. The number of carbonyl (C=O) groups excluding carboxylic acids is 3. The topological polar surface area (TPSA) is 193 Å². The molecule has 12 nitrogen and oxygen atoms in total. The molecule has 14 heteroatoms. The zero-order valence-corrected chi connectivity index (χ0v) is 28.5. The first kappa shape index (κ1) is 37.5. The van der Waals surface area contributed by atoms with E-state index in [1.165, 1.54) is 24.6 Å². The Bertz CT molecular complexity index is 1530. The summed E-state index contributed by atoms with van der Waals surface area (Å²) in [6.45, 7) is 3.55. The summed E-state index contributed by atoms with van der Waals surface area (Å²) in [4.78, 5) is 62.0. The van der Waals surface area contributed by atoms with Gasteiger partial charge < -0.3 is 40.4 Å². The molecule has 1 aromatic heterocycles. The number of aliphatic hydroxyl groups is 1. The molecule has 264 valence electrons. The molecule has 1 aliphatic carbocycles. The van der Waals surface area contributed by atoms with Gasteiger partial charge >= 0.3 is 0 Å². The van der Waals surface area contributed by atoms with E-state index in [4.69, 9.17) is 4.89 Å². The van der Waals surface area contributed by atoms with Crippen LogP contribution in [0.5, 0.6) is 0 Å². The number of carbonyl (C=O) groups is 3. The molecule has 2 aliphatic rings. The van der Waals surface area contributed by atoms with Crippen molar-refractivity contribution in [1.82, 2.24) is 15.6 Å². The molecule has 0 saturated heterocycles. The zero-order chi connectivity index (χ0) is 34.8. The maximum Gasteiger partial charge on any atom is 0.265 e. The van der Waals surface area contributed by atoms with E-state index < -0.39 is 25.6 Å². The van der Waals surface area contributed by atoms with Gasteiger partial charge in [-0.2, -0.15) is 0 Å². The van der Waals surface area contributed by atoms with Gasteiger partial charge in [0.25, 0.3) is 13.7 Å². The monoisotopic (exact) mass is 689 g/mol. The average molecular weight is 690 g/mol. The molecule has 2 aromatic rings. The molecule has 6 N–H and O–H groups in total. The van der Waals surface area contributed by atoms with Crippen molar-refractivity contribution in [2.24, 2.45) is 11.8 Å². The van der Waals surface area contributed by atoms with Gasteiger partial charge in [0.1, 0.15) is 11.9 Å². The Morgan fingerprint density at radius 3 is 2.67 bits per heavy atom. The van der Waals surface area contributed by atoms with Crippen molar-refractivity contribution in [3.05, 3.63) is 52.1 Å². The van der Waals surface area contributed by atoms with Crippen LogP contribution in [0.2, 0.25) is 0 Å². The zero-order valence-electron chi connectivity index (χ0n) is 27.6. The molecule has 0 spiro atoms. The first-order valence-corrected chi connectivity index (χ1v) is 18.2. The van der Waals surface area contributed by atoms with Gasteiger partial charge in [0.2, 0.25) is 11.8 Å². The van der Waals surface area contributed by atoms with Crippen LogP contribution < -0.4 is 20.8 Å². The van der Waals surface area contributed by atoms with Crippen LogP contribution >= 0.6 is 7.82 Å². The number of anilines is 1.